The van der Waals surface area contributed by atoms with Gasteiger partial charge in [-0.3, -0.25) is 0 Å². The third-order valence-corrected chi connectivity index (χ3v) is 7.27. The summed E-state index contributed by atoms with van der Waals surface area (Å²) in [7, 11) is 0. The molecule has 4 rings (SSSR count). The minimum atomic E-state index is -1.77. The summed E-state index contributed by atoms with van der Waals surface area (Å²) in [5, 5.41) is 90.3. The van der Waals surface area contributed by atoms with E-state index in [1.54, 1.807) is 6.07 Å². The maximum atomic E-state index is 12.9. The Kier molecular flexibility index (Phi) is 11.0. The molecule has 0 saturated carbocycles. The Bertz CT molecular complexity index is 1300. The Hall–Kier alpha value is -3.51. The summed E-state index contributed by atoms with van der Waals surface area (Å²) in [5.74, 6) is -2.44. The van der Waals surface area contributed by atoms with Crippen LogP contribution in [0.15, 0.2) is 42.5 Å². The third kappa shape index (κ3) is 7.76. The van der Waals surface area contributed by atoms with E-state index in [1.807, 2.05) is 0 Å². The summed E-state index contributed by atoms with van der Waals surface area (Å²) >= 11 is 0. The van der Waals surface area contributed by atoms with Crippen molar-refractivity contribution in [3.63, 3.8) is 0 Å². The SMILES string of the molecule is CC1OC(OC2C(OCCc3ccc(O)c(O)c3)OC(CO)C(O)C2OC(=O)/C=C/c2ccc(O)c(O)c2)C(O)C(O)C1O. The van der Waals surface area contributed by atoms with Gasteiger partial charge in [-0.1, -0.05) is 12.1 Å². The Balaban J connectivity index is 1.57. The average Bonchev–Trinajstić information content (AvgIpc) is 2.99. The van der Waals surface area contributed by atoms with Gasteiger partial charge < -0.3 is 69.6 Å². The number of benzene rings is 2. The van der Waals surface area contributed by atoms with Crippen molar-refractivity contribution in [2.75, 3.05) is 13.2 Å². The number of rotatable bonds is 10. The molecule has 0 aromatic heterocycles. The fourth-order valence-electron chi connectivity index (χ4n) is 4.73. The van der Waals surface area contributed by atoms with Crippen LogP contribution in [0.2, 0.25) is 0 Å². The van der Waals surface area contributed by atoms with Crippen molar-refractivity contribution in [1.82, 2.24) is 0 Å². The van der Waals surface area contributed by atoms with Gasteiger partial charge in [0.25, 0.3) is 0 Å². The summed E-state index contributed by atoms with van der Waals surface area (Å²) in [6, 6.07) is 7.96. The number of phenols is 4. The highest BCUT2D eigenvalue weighted by molar-refractivity contribution is 5.87. The molecule has 0 bridgehead atoms. The molecule has 10 atom stereocenters. The first-order chi connectivity index (χ1) is 20.9. The molecule has 0 radical (unpaired) electrons. The first kappa shape index (κ1) is 33.4. The van der Waals surface area contributed by atoms with E-state index in [-0.39, 0.29) is 30.3 Å². The van der Waals surface area contributed by atoms with Gasteiger partial charge in [-0.05, 0) is 54.8 Å². The maximum absolute atomic E-state index is 12.9. The predicted octanol–water partition coefficient (Wildman–Crippen LogP) is -1.02. The average molecular weight is 625 g/mol. The Morgan fingerprint density at radius 2 is 1.50 bits per heavy atom. The summed E-state index contributed by atoms with van der Waals surface area (Å²) in [4.78, 5) is 12.9. The van der Waals surface area contributed by atoms with Crippen molar-refractivity contribution in [2.45, 2.75) is 74.8 Å². The molecule has 9 N–H and O–H groups in total. The first-order valence-electron chi connectivity index (χ1n) is 13.7. The molecule has 2 saturated heterocycles. The smallest absolute Gasteiger partial charge is 0.331 e. The summed E-state index contributed by atoms with van der Waals surface area (Å²) in [6.07, 6.45) is -12.6. The Labute approximate surface area is 251 Å². The lowest BCUT2D eigenvalue weighted by atomic mass is 9.97. The maximum Gasteiger partial charge on any atom is 0.331 e. The molecule has 10 unspecified atom stereocenters. The van der Waals surface area contributed by atoms with Crippen LogP contribution in [-0.2, 0) is 34.9 Å². The molecule has 15 heteroatoms. The Morgan fingerprint density at radius 3 is 2.16 bits per heavy atom. The van der Waals surface area contributed by atoms with Crippen LogP contribution in [0.1, 0.15) is 18.1 Å². The van der Waals surface area contributed by atoms with Crippen molar-refractivity contribution in [2.24, 2.45) is 0 Å². The van der Waals surface area contributed by atoms with Crippen molar-refractivity contribution < 1.29 is 74.4 Å². The number of hydrogen-bond acceptors (Lipinski definition) is 15. The molecular formula is C29H36O15. The molecule has 0 amide bonds. The van der Waals surface area contributed by atoms with Crippen LogP contribution < -0.4 is 0 Å². The zero-order valence-corrected chi connectivity index (χ0v) is 23.5. The molecule has 2 aromatic rings. The highest BCUT2D eigenvalue weighted by Gasteiger charge is 2.52. The quantitative estimate of drug-likeness (QED) is 0.0873. The molecule has 2 aliphatic heterocycles. The number of aromatic hydroxyl groups is 4. The fraction of sp³-hybridized carbons (Fsp3) is 0.483. The second-order valence-electron chi connectivity index (χ2n) is 10.4. The number of phenolic OH excluding ortho intramolecular Hbond substituents is 4. The fourth-order valence-corrected chi connectivity index (χ4v) is 4.73. The zero-order chi connectivity index (χ0) is 32.1. The van der Waals surface area contributed by atoms with Crippen LogP contribution >= 0.6 is 0 Å². The van der Waals surface area contributed by atoms with Gasteiger partial charge in [0.2, 0.25) is 0 Å². The standard InChI is InChI=1S/C29H36O15/c1-13-22(36)24(38)25(39)28(41-13)44-27-26(43-21(35)7-4-14-2-5-16(31)18(33)10-14)23(37)20(12-30)42-29(27)40-9-8-15-3-6-17(32)19(34)11-15/h2-7,10-11,13,20,22-34,36-39H,8-9,12H2,1H3/b7-4+. The van der Waals surface area contributed by atoms with Gasteiger partial charge in [0, 0.05) is 6.08 Å². The van der Waals surface area contributed by atoms with Gasteiger partial charge >= 0.3 is 5.97 Å². The van der Waals surface area contributed by atoms with Crippen LogP contribution in [-0.4, -0.2) is 127 Å². The van der Waals surface area contributed by atoms with Crippen molar-refractivity contribution in [3.05, 3.63) is 53.6 Å². The summed E-state index contributed by atoms with van der Waals surface area (Å²) < 4.78 is 28.5. The number of esters is 1. The number of carbonyl (C=O) groups excluding carboxylic acids is 1. The number of ether oxygens (including phenoxy) is 5. The van der Waals surface area contributed by atoms with Crippen LogP contribution in [0.25, 0.3) is 6.08 Å². The van der Waals surface area contributed by atoms with Gasteiger partial charge in [0.05, 0.1) is 19.3 Å². The molecule has 2 heterocycles. The van der Waals surface area contributed by atoms with Crippen molar-refractivity contribution in [1.29, 1.82) is 0 Å². The van der Waals surface area contributed by atoms with E-state index in [0.717, 1.165) is 6.08 Å². The number of aliphatic hydroxyl groups excluding tert-OH is 5. The van der Waals surface area contributed by atoms with Crippen LogP contribution in [0.4, 0.5) is 0 Å². The Morgan fingerprint density at radius 1 is 0.818 bits per heavy atom. The minimum Gasteiger partial charge on any atom is -0.504 e. The van der Waals surface area contributed by atoms with E-state index < -0.39 is 79.7 Å². The van der Waals surface area contributed by atoms with E-state index in [2.05, 4.69) is 0 Å². The molecule has 0 spiro atoms. The van der Waals surface area contributed by atoms with Gasteiger partial charge in [0.1, 0.15) is 30.5 Å². The van der Waals surface area contributed by atoms with Crippen LogP contribution in [0.3, 0.4) is 0 Å². The molecule has 0 aliphatic carbocycles. The summed E-state index contributed by atoms with van der Waals surface area (Å²) in [5.41, 5.74) is 0.894. The molecule has 2 aromatic carbocycles. The molecule has 2 aliphatic rings. The largest absolute Gasteiger partial charge is 0.504 e. The van der Waals surface area contributed by atoms with Gasteiger partial charge in [-0.25, -0.2) is 4.79 Å². The second-order valence-corrected chi connectivity index (χ2v) is 10.4. The zero-order valence-electron chi connectivity index (χ0n) is 23.5. The highest BCUT2D eigenvalue weighted by Crippen LogP contribution is 2.32. The van der Waals surface area contributed by atoms with Crippen molar-refractivity contribution in [3.8, 4) is 23.0 Å². The van der Waals surface area contributed by atoms with E-state index in [0.29, 0.717) is 11.1 Å². The molecule has 15 nitrogen and oxygen atoms in total. The first-order valence-corrected chi connectivity index (χ1v) is 13.7. The molecular weight excluding hydrogens is 588 g/mol. The van der Waals surface area contributed by atoms with Crippen LogP contribution in [0.5, 0.6) is 23.0 Å². The topological polar surface area (TPSA) is 245 Å². The lowest BCUT2D eigenvalue weighted by Crippen LogP contribution is -2.64. The van der Waals surface area contributed by atoms with Gasteiger partial charge in [-0.15, -0.1) is 0 Å². The predicted molar refractivity (Wildman–Crippen MR) is 147 cm³/mol. The number of hydrogen-bond donors (Lipinski definition) is 9. The molecule has 242 valence electrons. The molecule has 2 fully saturated rings. The van der Waals surface area contributed by atoms with E-state index in [9.17, 15) is 50.8 Å². The minimum absolute atomic E-state index is 0.0975. The molecule has 44 heavy (non-hydrogen) atoms. The number of aliphatic hydroxyl groups is 5. The second kappa shape index (κ2) is 14.5. The van der Waals surface area contributed by atoms with Crippen LogP contribution in [0, 0.1) is 0 Å². The monoisotopic (exact) mass is 624 g/mol. The van der Waals surface area contributed by atoms with Crippen molar-refractivity contribution >= 4 is 12.0 Å². The number of carbonyl (C=O) groups is 1. The van der Waals surface area contributed by atoms with E-state index >= 15 is 0 Å². The van der Waals surface area contributed by atoms with Gasteiger partial charge in [0.15, 0.2) is 47.8 Å². The lowest BCUT2D eigenvalue weighted by molar-refractivity contribution is -0.364. The van der Waals surface area contributed by atoms with E-state index in [1.165, 1.54) is 43.3 Å². The highest BCUT2D eigenvalue weighted by atomic mass is 16.8. The van der Waals surface area contributed by atoms with E-state index in [4.69, 9.17) is 23.7 Å². The summed E-state index contributed by atoms with van der Waals surface area (Å²) in [6.45, 7) is 0.606. The lowest BCUT2D eigenvalue weighted by Gasteiger charge is -2.46. The third-order valence-electron chi connectivity index (χ3n) is 7.27. The normalized spacial score (nSPS) is 32.5. The van der Waals surface area contributed by atoms with Gasteiger partial charge in [-0.2, -0.15) is 0 Å².